The van der Waals surface area contributed by atoms with Gasteiger partial charge >= 0.3 is 5.97 Å². The van der Waals surface area contributed by atoms with Gasteiger partial charge in [0, 0.05) is 5.69 Å². The van der Waals surface area contributed by atoms with Gasteiger partial charge < -0.3 is 15.4 Å². The van der Waals surface area contributed by atoms with Gasteiger partial charge in [0.25, 0.3) is 0 Å². The van der Waals surface area contributed by atoms with E-state index in [9.17, 15) is 14.9 Å². The summed E-state index contributed by atoms with van der Waals surface area (Å²) < 4.78 is 4.64. The molecule has 0 spiro atoms. The van der Waals surface area contributed by atoms with Gasteiger partial charge in [0.15, 0.2) is 0 Å². The molecule has 118 valence electrons. The zero-order chi connectivity index (χ0) is 16.8. The number of nitrogens with one attached hydrogen (secondary N) is 2. The predicted molar refractivity (Wildman–Crippen MR) is 83.3 cm³/mol. The molecule has 0 fully saturated rings. The van der Waals surface area contributed by atoms with Crippen LogP contribution in [-0.4, -0.2) is 31.1 Å². The summed E-state index contributed by atoms with van der Waals surface area (Å²) in [4.78, 5) is 23.4. The van der Waals surface area contributed by atoms with Gasteiger partial charge in [0.1, 0.15) is 5.54 Å². The number of amides is 1. The number of benzene rings is 1. The van der Waals surface area contributed by atoms with Crippen molar-refractivity contribution >= 4 is 17.6 Å². The van der Waals surface area contributed by atoms with Crippen molar-refractivity contribution in [3.05, 3.63) is 29.8 Å². The van der Waals surface area contributed by atoms with Crippen LogP contribution in [0.15, 0.2) is 24.3 Å². The largest absolute Gasteiger partial charge is 0.465 e. The molecule has 6 heteroatoms. The monoisotopic (exact) mass is 303 g/mol. The number of nitrogens with zero attached hydrogens (tertiary/aromatic N) is 1. The number of rotatable bonds is 6. The Bertz CT molecular complexity index is 593. The van der Waals surface area contributed by atoms with Crippen molar-refractivity contribution in [1.29, 1.82) is 5.26 Å². The molecule has 22 heavy (non-hydrogen) atoms. The number of nitriles is 1. The standard InChI is InChI=1S/C16H21N3O3/c1-11(2)16(3,10-17)19-14(20)9-18-13-7-5-6-12(8-13)15(21)22-4/h5-8,11,18H,9H2,1-4H3,(H,19,20)/t16-/m1/s1. The van der Waals surface area contributed by atoms with E-state index >= 15 is 0 Å². The molecule has 1 aromatic rings. The number of carbonyl (C=O) groups excluding carboxylic acids is 2. The molecule has 0 saturated carbocycles. The van der Waals surface area contributed by atoms with E-state index in [4.69, 9.17) is 0 Å². The van der Waals surface area contributed by atoms with E-state index in [1.807, 2.05) is 13.8 Å². The molecule has 1 aromatic carbocycles. The van der Waals surface area contributed by atoms with Crippen LogP contribution in [0, 0.1) is 17.2 Å². The van der Waals surface area contributed by atoms with E-state index in [1.165, 1.54) is 7.11 Å². The van der Waals surface area contributed by atoms with Gasteiger partial charge in [-0.2, -0.15) is 5.26 Å². The third-order valence-electron chi connectivity index (χ3n) is 3.52. The van der Waals surface area contributed by atoms with E-state index < -0.39 is 11.5 Å². The van der Waals surface area contributed by atoms with E-state index in [2.05, 4.69) is 21.4 Å². The fourth-order valence-electron chi connectivity index (χ4n) is 1.69. The summed E-state index contributed by atoms with van der Waals surface area (Å²) in [7, 11) is 1.31. The average molecular weight is 303 g/mol. The van der Waals surface area contributed by atoms with E-state index in [-0.39, 0.29) is 18.4 Å². The Morgan fingerprint density at radius 3 is 2.64 bits per heavy atom. The Labute approximate surface area is 130 Å². The molecule has 2 N–H and O–H groups in total. The summed E-state index contributed by atoms with van der Waals surface area (Å²) in [6.45, 7) is 5.44. The number of methoxy groups -OCH3 is 1. The predicted octanol–water partition coefficient (Wildman–Crippen LogP) is 1.94. The molecule has 0 radical (unpaired) electrons. The van der Waals surface area contributed by atoms with Crippen LogP contribution in [0.3, 0.4) is 0 Å². The van der Waals surface area contributed by atoms with Crippen LogP contribution in [0.5, 0.6) is 0 Å². The summed E-state index contributed by atoms with van der Waals surface area (Å²) in [5.74, 6) is -0.740. The van der Waals surface area contributed by atoms with Crippen LogP contribution in [0.1, 0.15) is 31.1 Å². The first-order chi connectivity index (χ1) is 10.3. The van der Waals surface area contributed by atoms with Crippen LogP contribution >= 0.6 is 0 Å². The summed E-state index contributed by atoms with van der Waals surface area (Å²) in [6, 6.07) is 8.78. The van der Waals surface area contributed by atoms with Crippen LogP contribution < -0.4 is 10.6 Å². The Hall–Kier alpha value is -2.55. The second kappa shape index (κ2) is 7.46. The molecule has 1 rings (SSSR count). The zero-order valence-corrected chi connectivity index (χ0v) is 13.3. The summed E-state index contributed by atoms with van der Waals surface area (Å²) in [6.07, 6.45) is 0. The third kappa shape index (κ3) is 4.48. The maximum atomic E-state index is 12.0. The molecule has 0 saturated heterocycles. The van der Waals surface area contributed by atoms with E-state index in [0.717, 1.165) is 0 Å². The number of carbonyl (C=O) groups is 2. The quantitative estimate of drug-likeness (QED) is 0.784. The minimum absolute atomic E-state index is 0.00855. The van der Waals surface area contributed by atoms with Crippen LogP contribution in [0.2, 0.25) is 0 Å². The van der Waals surface area contributed by atoms with Gasteiger partial charge in [-0.25, -0.2) is 4.79 Å². The molecular weight excluding hydrogens is 282 g/mol. The highest BCUT2D eigenvalue weighted by molar-refractivity contribution is 5.90. The lowest BCUT2D eigenvalue weighted by Crippen LogP contribution is -2.50. The molecule has 1 amide bonds. The highest BCUT2D eigenvalue weighted by Crippen LogP contribution is 2.15. The molecular formula is C16H21N3O3. The van der Waals surface area contributed by atoms with Crippen molar-refractivity contribution in [1.82, 2.24) is 5.32 Å². The molecule has 0 unspecified atom stereocenters. The van der Waals surface area contributed by atoms with E-state index in [0.29, 0.717) is 11.3 Å². The van der Waals surface area contributed by atoms with Crippen molar-refractivity contribution in [2.45, 2.75) is 26.3 Å². The van der Waals surface area contributed by atoms with Crippen LogP contribution in [0.25, 0.3) is 0 Å². The van der Waals surface area contributed by atoms with E-state index in [1.54, 1.807) is 31.2 Å². The second-order valence-corrected chi connectivity index (χ2v) is 5.44. The lowest BCUT2D eigenvalue weighted by atomic mass is 9.90. The Morgan fingerprint density at radius 1 is 1.41 bits per heavy atom. The average Bonchev–Trinajstić information content (AvgIpc) is 2.52. The van der Waals surface area contributed by atoms with Crippen molar-refractivity contribution < 1.29 is 14.3 Å². The van der Waals surface area contributed by atoms with Gasteiger partial charge in [-0.1, -0.05) is 19.9 Å². The lowest BCUT2D eigenvalue weighted by Gasteiger charge is -2.27. The zero-order valence-electron chi connectivity index (χ0n) is 13.3. The third-order valence-corrected chi connectivity index (χ3v) is 3.52. The van der Waals surface area contributed by atoms with Crippen LogP contribution in [0.4, 0.5) is 5.69 Å². The summed E-state index contributed by atoms with van der Waals surface area (Å²) >= 11 is 0. The first-order valence-corrected chi connectivity index (χ1v) is 6.97. The normalized spacial score (nSPS) is 12.9. The second-order valence-electron chi connectivity index (χ2n) is 5.44. The summed E-state index contributed by atoms with van der Waals surface area (Å²) in [5, 5.41) is 14.8. The number of anilines is 1. The molecule has 0 bridgehead atoms. The van der Waals surface area contributed by atoms with Crippen molar-refractivity contribution in [3.8, 4) is 6.07 Å². The molecule has 0 aliphatic carbocycles. The first kappa shape index (κ1) is 17.5. The fraction of sp³-hybridized carbons (Fsp3) is 0.438. The van der Waals surface area contributed by atoms with Crippen molar-refractivity contribution in [2.75, 3.05) is 19.0 Å². The fourth-order valence-corrected chi connectivity index (χ4v) is 1.69. The minimum atomic E-state index is -0.910. The number of ether oxygens (including phenoxy) is 1. The Balaban J connectivity index is 2.65. The molecule has 0 aliphatic heterocycles. The van der Waals surface area contributed by atoms with Crippen molar-refractivity contribution in [2.24, 2.45) is 5.92 Å². The Morgan fingerprint density at radius 2 is 2.09 bits per heavy atom. The smallest absolute Gasteiger partial charge is 0.337 e. The highest BCUT2D eigenvalue weighted by Gasteiger charge is 2.29. The molecule has 0 heterocycles. The number of esters is 1. The van der Waals surface area contributed by atoms with Gasteiger partial charge in [0.2, 0.25) is 5.91 Å². The minimum Gasteiger partial charge on any atom is -0.465 e. The van der Waals surface area contributed by atoms with Gasteiger partial charge in [-0.15, -0.1) is 0 Å². The maximum Gasteiger partial charge on any atom is 0.337 e. The Kier molecular flexibility index (Phi) is 5.93. The summed E-state index contributed by atoms with van der Waals surface area (Å²) in [5.41, 5.74) is 0.116. The lowest BCUT2D eigenvalue weighted by molar-refractivity contribution is -0.121. The van der Waals surface area contributed by atoms with Gasteiger partial charge in [-0.05, 0) is 31.0 Å². The maximum absolute atomic E-state index is 12.0. The highest BCUT2D eigenvalue weighted by atomic mass is 16.5. The first-order valence-electron chi connectivity index (χ1n) is 6.97. The molecule has 6 nitrogen and oxygen atoms in total. The topological polar surface area (TPSA) is 91.2 Å². The van der Waals surface area contributed by atoms with Crippen molar-refractivity contribution in [3.63, 3.8) is 0 Å². The molecule has 0 aliphatic rings. The van der Waals surface area contributed by atoms with Gasteiger partial charge in [0.05, 0.1) is 25.3 Å². The molecule has 1 atom stereocenters. The number of hydrogen-bond donors (Lipinski definition) is 2. The van der Waals surface area contributed by atoms with Gasteiger partial charge in [-0.3, -0.25) is 4.79 Å². The SMILES string of the molecule is COC(=O)c1cccc(NCC(=O)N[C@](C)(C#N)C(C)C)c1. The molecule has 0 aromatic heterocycles. The van der Waals surface area contributed by atoms with Crippen LogP contribution in [-0.2, 0) is 9.53 Å². The number of hydrogen-bond acceptors (Lipinski definition) is 5.